The fourth-order valence-corrected chi connectivity index (χ4v) is 0.183. The molecule has 0 saturated carbocycles. The smallest absolute Gasteiger partial charge is 0.0896 e. The van der Waals surface area contributed by atoms with E-state index in [9.17, 15) is 0 Å². The Balaban J connectivity index is 3.07. The molecule has 3 nitrogen and oxygen atoms in total. The second-order valence-corrected chi connectivity index (χ2v) is 1.06. The van der Waals surface area contributed by atoms with Crippen LogP contribution in [0.3, 0.4) is 0 Å². The molecule has 0 saturated heterocycles. The van der Waals surface area contributed by atoms with Crippen LogP contribution in [0.2, 0.25) is 0 Å². The maximum absolute atomic E-state index is 3.41. The van der Waals surface area contributed by atoms with E-state index in [1.54, 1.807) is 11.3 Å². The van der Waals surface area contributed by atoms with Crippen LogP contribution in [0.4, 0.5) is 0 Å². The Morgan fingerprint density at radius 3 is 2.50 bits per heavy atom. The molecule has 0 aromatic heterocycles. The molecule has 0 atom stereocenters. The van der Waals surface area contributed by atoms with Crippen LogP contribution in [0.15, 0.2) is 15.4 Å². The molecule has 0 radical (unpaired) electrons. The molecule has 0 heterocycles. The number of nitrogens with zero attached hydrogens (tertiary/aromatic N) is 3. The highest BCUT2D eigenvalue weighted by molar-refractivity contribution is 14.1. The largest absolute Gasteiger partial charge is 0.172 e. The van der Waals surface area contributed by atoms with Gasteiger partial charge in [-0.2, -0.15) is 5.11 Å². The Labute approximate surface area is 49.7 Å². The lowest BCUT2D eigenvalue weighted by molar-refractivity contribution is 1.03. The molecule has 0 fully saturated rings. The number of rotatable bonds is 1. The normalized spacial score (nSPS) is 11.7. The van der Waals surface area contributed by atoms with Crippen molar-refractivity contribution >= 4 is 26.8 Å². The van der Waals surface area contributed by atoms with Gasteiger partial charge in [0.1, 0.15) is 0 Å². The van der Waals surface area contributed by atoms with Crippen LogP contribution in [-0.2, 0) is 0 Å². The van der Waals surface area contributed by atoms with Gasteiger partial charge < -0.3 is 0 Å². The summed E-state index contributed by atoms with van der Waals surface area (Å²) in [4.78, 5) is 0. The third-order valence-corrected chi connectivity index (χ3v) is 0.434. The minimum absolute atomic E-state index is 1.55. The van der Waals surface area contributed by atoms with E-state index < -0.39 is 0 Å². The molecule has 0 amide bonds. The van der Waals surface area contributed by atoms with Crippen molar-refractivity contribution in [2.24, 2.45) is 15.4 Å². The topological polar surface area (TPSA) is 37.1 Å². The maximum atomic E-state index is 3.41. The quantitative estimate of drug-likeness (QED) is 0.264. The molecule has 0 aromatic carbocycles. The van der Waals surface area contributed by atoms with Gasteiger partial charge in [-0.3, -0.25) is 0 Å². The first-order chi connectivity index (χ1) is 2.91. The van der Waals surface area contributed by atoms with Crippen LogP contribution in [0.1, 0.15) is 0 Å². The van der Waals surface area contributed by atoms with Crippen molar-refractivity contribution in [3.05, 3.63) is 0 Å². The molecule has 0 aromatic rings. The summed E-state index contributed by atoms with van der Waals surface area (Å²) in [7, 11) is 1.57. The van der Waals surface area contributed by atoms with Gasteiger partial charge in [0.15, 0.2) is 0 Å². The van der Waals surface area contributed by atoms with Gasteiger partial charge in [-0.15, -0.1) is 5.10 Å². The molecule has 0 aliphatic heterocycles. The van der Waals surface area contributed by atoms with Gasteiger partial charge in [-0.25, -0.2) is 0 Å². The van der Waals surface area contributed by atoms with E-state index in [-0.39, 0.29) is 0 Å². The minimum atomic E-state index is 1.55. The molecule has 0 unspecified atom stereocenters. The molecule has 0 N–H and O–H groups in total. The summed E-state index contributed by atoms with van der Waals surface area (Å²) in [5, 5.41) is 10.0. The van der Waals surface area contributed by atoms with E-state index in [0.717, 1.165) is 0 Å². The van der Waals surface area contributed by atoms with E-state index in [1.165, 1.54) is 0 Å². The van der Waals surface area contributed by atoms with Crippen molar-refractivity contribution in [3.8, 4) is 0 Å². The van der Waals surface area contributed by atoms with Crippen LogP contribution in [-0.4, -0.2) is 11.3 Å². The Hall–Kier alpha value is -0.000000000000000111. The van der Waals surface area contributed by atoms with Gasteiger partial charge in [-0.1, -0.05) is 0 Å². The second kappa shape index (κ2) is 5.00. The van der Waals surface area contributed by atoms with Crippen molar-refractivity contribution in [1.29, 1.82) is 0 Å². The zero-order valence-corrected chi connectivity index (χ0v) is 5.45. The standard InChI is InChI=1S/C2H4IN3/c1-4-6-5-2-3/h2H,1H3/b5-2+,6-4-. The zero-order valence-electron chi connectivity index (χ0n) is 3.30. The molecule has 34 valence electrons. The van der Waals surface area contributed by atoms with Crippen molar-refractivity contribution in [1.82, 2.24) is 0 Å². The number of halogens is 1. The lowest BCUT2D eigenvalue weighted by Gasteiger charge is -1.62. The van der Waals surface area contributed by atoms with Crippen molar-refractivity contribution in [2.45, 2.75) is 0 Å². The molecule has 0 spiro atoms. The summed E-state index contributed by atoms with van der Waals surface area (Å²) in [6.07, 6.45) is 0. The van der Waals surface area contributed by atoms with E-state index >= 15 is 0 Å². The van der Waals surface area contributed by atoms with E-state index in [2.05, 4.69) is 15.4 Å². The molecule has 0 aliphatic rings. The monoisotopic (exact) mass is 197 g/mol. The van der Waals surface area contributed by atoms with E-state index in [0.29, 0.717) is 0 Å². The fourth-order valence-electron chi connectivity index (χ4n) is 0.0712. The van der Waals surface area contributed by atoms with Crippen molar-refractivity contribution in [3.63, 3.8) is 0 Å². The van der Waals surface area contributed by atoms with Crippen LogP contribution < -0.4 is 0 Å². The summed E-state index contributed by atoms with van der Waals surface area (Å²) < 4.78 is 1.55. The molecule has 4 heteroatoms. The number of hydrogen-bond acceptors (Lipinski definition) is 2. The predicted molar refractivity (Wildman–Crippen MR) is 33.3 cm³/mol. The summed E-state index contributed by atoms with van der Waals surface area (Å²) >= 11 is 1.97. The summed E-state index contributed by atoms with van der Waals surface area (Å²) in [6.45, 7) is 0. The summed E-state index contributed by atoms with van der Waals surface area (Å²) in [5.74, 6) is 0. The molecular weight excluding hydrogens is 193 g/mol. The Kier molecular flexibility index (Phi) is 5.00. The van der Waals surface area contributed by atoms with Gasteiger partial charge >= 0.3 is 0 Å². The Morgan fingerprint density at radius 2 is 2.33 bits per heavy atom. The lowest BCUT2D eigenvalue weighted by Crippen LogP contribution is -1.45. The van der Waals surface area contributed by atoms with Crippen molar-refractivity contribution < 1.29 is 0 Å². The first-order valence-electron chi connectivity index (χ1n) is 1.32. The first-order valence-corrected chi connectivity index (χ1v) is 2.57. The van der Waals surface area contributed by atoms with Gasteiger partial charge in [0.25, 0.3) is 0 Å². The third kappa shape index (κ3) is 4.00. The highest BCUT2D eigenvalue weighted by atomic mass is 127. The zero-order chi connectivity index (χ0) is 4.83. The molecule has 0 aliphatic carbocycles. The molecule has 6 heavy (non-hydrogen) atoms. The average Bonchev–Trinajstić information content (AvgIpc) is 1.61. The van der Waals surface area contributed by atoms with Crippen LogP contribution in [0, 0.1) is 0 Å². The average molecular weight is 197 g/mol. The fraction of sp³-hybridized carbons (Fsp3) is 0.500. The Bertz CT molecular complexity index is 57.2. The molecular formula is C2H4IN3. The van der Waals surface area contributed by atoms with Gasteiger partial charge in [-0.05, 0) is 27.8 Å². The lowest BCUT2D eigenvalue weighted by atomic mass is 11.5. The third-order valence-electron chi connectivity index (χ3n) is 0.185. The van der Waals surface area contributed by atoms with Gasteiger partial charge in [0.2, 0.25) is 0 Å². The van der Waals surface area contributed by atoms with Crippen molar-refractivity contribution in [2.75, 3.05) is 7.05 Å². The molecule has 0 rings (SSSR count). The van der Waals surface area contributed by atoms with Crippen LogP contribution in [0.25, 0.3) is 0 Å². The van der Waals surface area contributed by atoms with Gasteiger partial charge in [0.05, 0.1) is 11.3 Å². The SMILES string of the molecule is C/N=N\N=C\I. The van der Waals surface area contributed by atoms with Crippen LogP contribution >= 0.6 is 22.6 Å². The highest BCUT2D eigenvalue weighted by Gasteiger charge is 1.50. The summed E-state index contributed by atoms with van der Waals surface area (Å²) in [6, 6.07) is 0. The number of hydrogen-bond donors (Lipinski definition) is 0. The van der Waals surface area contributed by atoms with Gasteiger partial charge in [0, 0.05) is 0 Å². The Morgan fingerprint density at radius 1 is 1.67 bits per heavy atom. The second-order valence-electron chi connectivity index (χ2n) is 0.503. The van der Waals surface area contributed by atoms with E-state index in [1.807, 2.05) is 22.6 Å². The highest BCUT2D eigenvalue weighted by Crippen LogP contribution is 1.73. The maximum Gasteiger partial charge on any atom is 0.0896 e. The molecule has 0 bridgehead atoms. The minimum Gasteiger partial charge on any atom is -0.172 e. The van der Waals surface area contributed by atoms with E-state index in [4.69, 9.17) is 0 Å². The van der Waals surface area contributed by atoms with Crippen LogP contribution in [0.5, 0.6) is 0 Å². The predicted octanol–water partition coefficient (Wildman–Crippen LogP) is 1.45. The first kappa shape index (κ1) is 6.00. The summed E-state index contributed by atoms with van der Waals surface area (Å²) in [5.41, 5.74) is 0.